The van der Waals surface area contributed by atoms with Gasteiger partial charge in [0.15, 0.2) is 0 Å². The van der Waals surface area contributed by atoms with Crippen LogP contribution < -0.4 is 5.32 Å². The number of amides is 1. The number of rotatable bonds is 5. The largest absolute Gasteiger partial charge is 0.480 e. The van der Waals surface area contributed by atoms with Gasteiger partial charge in [-0.05, 0) is 12.3 Å². The van der Waals surface area contributed by atoms with Crippen LogP contribution in [0.15, 0.2) is 0 Å². The van der Waals surface area contributed by atoms with Gasteiger partial charge in [0.05, 0.1) is 0 Å². The third-order valence-electron chi connectivity index (χ3n) is 2.83. The van der Waals surface area contributed by atoms with E-state index >= 15 is 0 Å². The summed E-state index contributed by atoms with van der Waals surface area (Å²) in [6.07, 6.45) is 7.80. The van der Waals surface area contributed by atoms with Crippen molar-refractivity contribution in [3.63, 3.8) is 0 Å². The van der Waals surface area contributed by atoms with E-state index in [4.69, 9.17) is 5.11 Å². The van der Waals surface area contributed by atoms with Gasteiger partial charge in [-0.3, -0.25) is 4.79 Å². The summed E-state index contributed by atoms with van der Waals surface area (Å²) in [5, 5.41) is 11.0. The monoisotopic (exact) mass is 198 g/mol. The zero-order valence-electron chi connectivity index (χ0n) is 8.16. The molecule has 0 aliphatic heterocycles. The average Bonchev–Trinajstić information content (AvgIpc) is 2.18. The van der Waals surface area contributed by atoms with Crippen molar-refractivity contribution in [3.8, 4) is 0 Å². The normalized spacial score (nSPS) is 20.0. The molecule has 0 aromatic carbocycles. The van der Waals surface area contributed by atoms with Crippen molar-refractivity contribution in [1.29, 1.82) is 0 Å². The number of nitrogens with one attached hydrogen (secondary N) is 1. The van der Waals surface area contributed by atoms with Crippen LogP contribution in [0.25, 0.3) is 0 Å². The van der Waals surface area contributed by atoms with Crippen LogP contribution in [0.2, 0.25) is 0 Å². The van der Waals surface area contributed by atoms with Crippen molar-refractivity contribution < 1.29 is 14.7 Å². The number of carbonyl (C=O) groups excluding carboxylic acids is 1. The minimum atomic E-state index is -0.959. The molecule has 0 spiro atoms. The lowest BCUT2D eigenvalue weighted by atomic mass is 9.85. The fourth-order valence-corrected chi connectivity index (χ4v) is 2.05. The van der Waals surface area contributed by atoms with E-state index in [2.05, 4.69) is 5.32 Å². The molecule has 1 aliphatic carbocycles. The minimum Gasteiger partial charge on any atom is -0.480 e. The Morgan fingerprint density at radius 1 is 1.43 bits per heavy atom. The van der Waals surface area contributed by atoms with Gasteiger partial charge in [-0.15, -0.1) is 0 Å². The maximum absolute atomic E-state index is 10.7. The highest BCUT2D eigenvalue weighted by atomic mass is 16.4. The van der Waals surface area contributed by atoms with Gasteiger partial charge in [0.25, 0.3) is 0 Å². The van der Waals surface area contributed by atoms with Crippen molar-refractivity contribution in [2.24, 2.45) is 5.92 Å². The fraction of sp³-hybridized carbons (Fsp3) is 0.800. The lowest BCUT2D eigenvalue weighted by molar-refractivity contribution is -0.139. The molecule has 1 fully saturated rings. The SMILES string of the molecule is O=[C]NC(CC1CCCCC1)C(=O)O. The molecule has 4 heteroatoms. The summed E-state index contributed by atoms with van der Waals surface area (Å²) in [6, 6.07) is -0.754. The molecule has 0 aromatic rings. The first-order chi connectivity index (χ1) is 6.74. The van der Waals surface area contributed by atoms with E-state index in [1.165, 1.54) is 25.7 Å². The number of carboxylic acids is 1. The Morgan fingerprint density at radius 2 is 2.07 bits per heavy atom. The van der Waals surface area contributed by atoms with Crippen molar-refractivity contribution in [1.82, 2.24) is 5.32 Å². The zero-order chi connectivity index (χ0) is 10.4. The maximum atomic E-state index is 10.7. The highest BCUT2D eigenvalue weighted by Gasteiger charge is 2.23. The van der Waals surface area contributed by atoms with Gasteiger partial charge >= 0.3 is 12.4 Å². The van der Waals surface area contributed by atoms with Crippen molar-refractivity contribution in [3.05, 3.63) is 0 Å². The Balaban J connectivity index is 2.36. The molecule has 1 radical (unpaired) electrons. The van der Waals surface area contributed by atoms with Crippen molar-refractivity contribution >= 4 is 12.4 Å². The van der Waals surface area contributed by atoms with E-state index < -0.39 is 12.0 Å². The highest BCUT2D eigenvalue weighted by Crippen LogP contribution is 2.27. The standard InChI is InChI=1S/C10H16NO3/c12-7-11-9(10(13)14)6-8-4-2-1-3-5-8/h8-9H,1-6H2,(H,11,12)(H,13,14). The van der Waals surface area contributed by atoms with Crippen LogP contribution in [-0.4, -0.2) is 23.5 Å². The first-order valence-electron chi connectivity index (χ1n) is 5.09. The highest BCUT2D eigenvalue weighted by molar-refractivity contribution is 5.76. The molecule has 0 heterocycles. The maximum Gasteiger partial charge on any atom is 0.326 e. The molecular weight excluding hydrogens is 182 g/mol. The molecule has 1 amide bonds. The number of hydrogen-bond donors (Lipinski definition) is 2. The molecule has 1 aliphatic rings. The molecule has 0 aromatic heterocycles. The van der Waals surface area contributed by atoms with Gasteiger partial charge in [0.1, 0.15) is 6.04 Å². The summed E-state index contributed by atoms with van der Waals surface area (Å²) in [4.78, 5) is 20.8. The lowest BCUT2D eigenvalue weighted by Crippen LogP contribution is -2.37. The van der Waals surface area contributed by atoms with E-state index in [0.717, 1.165) is 12.8 Å². The third-order valence-corrected chi connectivity index (χ3v) is 2.83. The van der Waals surface area contributed by atoms with Crippen LogP contribution >= 0.6 is 0 Å². The predicted octanol–water partition coefficient (Wildman–Crippen LogP) is 1.07. The van der Waals surface area contributed by atoms with Crippen LogP contribution in [0.5, 0.6) is 0 Å². The molecular formula is C10H16NO3. The molecule has 1 rings (SSSR count). The second-order valence-electron chi connectivity index (χ2n) is 3.88. The molecule has 1 unspecified atom stereocenters. The van der Waals surface area contributed by atoms with Gasteiger partial charge in [-0.25, -0.2) is 4.79 Å². The topological polar surface area (TPSA) is 66.4 Å². The summed E-state index contributed by atoms with van der Waals surface area (Å²) >= 11 is 0. The summed E-state index contributed by atoms with van der Waals surface area (Å²) in [5.41, 5.74) is 0. The molecule has 0 bridgehead atoms. The van der Waals surface area contributed by atoms with Gasteiger partial charge in [-0.1, -0.05) is 32.1 Å². The second kappa shape index (κ2) is 5.62. The molecule has 14 heavy (non-hydrogen) atoms. The Hall–Kier alpha value is -1.06. The quantitative estimate of drug-likeness (QED) is 0.649. The van der Waals surface area contributed by atoms with Crippen LogP contribution in [0, 0.1) is 5.92 Å². The van der Waals surface area contributed by atoms with E-state index in [9.17, 15) is 9.59 Å². The Kier molecular flexibility index (Phi) is 4.43. The van der Waals surface area contributed by atoms with E-state index in [-0.39, 0.29) is 0 Å². The average molecular weight is 198 g/mol. The van der Waals surface area contributed by atoms with Gasteiger partial charge in [0.2, 0.25) is 0 Å². The Labute approximate surface area is 83.7 Å². The molecule has 2 N–H and O–H groups in total. The van der Waals surface area contributed by atoms with Crippen LogP contribution in [-0.2, 0) is 9.59 Å². The number of hydrogen-bond acceptors (Lipinski definition) is 2. The predicted molar refractivity (Wildman–Crippen MR) is 51.4 cm³/mol. The Morgan fingerprint density at radius 3 is 2.57 bits per heavy atom. The second-order valence-corrected chi connectivity index (χ2v) is 3.88. The minimum absolute atomic E-state index is 0.450. The van der Waals surface area contributed by atoms with Crippen molar-refractivity contribution in [2.75, 3.05) is 0 Å². The van der Waals surface area contributed by atoms with E-state index in [1.54, 1.807) is 0 Å². The zero-order valence-corrected chi connectivity index (χ0v) is 8.16. The van der Waals surface area contributed by atoms with Crippen molar-refractivity contribution in [2.45, 2.75) is 44.6 Å². The van der Waals surface area contributed by atoms with Crippen LogP contribution in [0.3, 0.4) is 0 Å². The van der Waals surface area contributed by atoms with E-state index in [1.807, 2.05) is 0 Å². The number of carboxylic acid groups (broad SMARTS) is 1. The first kappa shape index (κ1) is 11.0. The third kappa shape index (κ3) is 3.36. The van der Waals surface area contributed by atoms with Gasteiger partial charge < -0.3 is 10.4 Å². The van der Waals surface area contributed by atoms with E-state index in [0.29, 0.717) is 12.3 Å². The smallest absolute Gasteiger partial charge is 0.326 e. The molecule has 0 saturated heterocycles. The molecule has 79 valence electrons. The first-order valence-corrected chi connectivity index (χ1v) is 5.09. The summed E-state index contributed by atoms with van der Waals surface area (Å²) in [5.74, 6) is -0.510. The molecule has 4 nitrogen and oxygen atoms in total. The molecule has 1 atom stereocenters. The van der Waals surface area contributed by atoms with Gasteiger partial charge in [0, 0.05) is 0 Å². The summed E-state index contributed by atoms with van der Waals surface area (Å²) in [7, 11) is 0. The molecule has 1 saturated carbocycles. The lowest BCUT2D eigenvalue weighted by Gasteiger charge is -2.23. The Bertz CT molecular complexity index is 200. The summed E-state index contributed by atoms with van der Waals surface area (Å²) < 4.78 is 0. The number of aliphatic carboxylic acids is 1. The van der Waals surface area contributed by atoms with Crippen LogP contribution in [0.4, 0.5) is 0 Å². The number of carbonyl (C=O) groups is 1. The summed E-state index contributed by atoms with van der Waals surface area (Å²) in [6.45, 7) is 0. The van der Waals surface area contributed by atoms with Gasteiger partial charge in [-0.2, -0.15) is 0 Å². The fourth-order valence-electron chi connectivity index (χ4n) is 2.05. The van der Waals surface area contributed by atoms with Crippen LogP contribution in [0.1, 0.15) is 38.5 Å².